The Balaban J connectivity index is 1.37. The second kappa shape index (κ2) is 8.17. The molecular formula is C25H27N3O2S. The Bertz CT molecular complexity index is 1130. The molecular weight excluding hydrogens is 406 g/mol. The number of anilines is 1. The number of nitrogens with zero attached hydrogens (tertiary/aromatic N) is 3. The molecule has 2 fully saturated rings. The third-order valence-electron chi connectivity index (χ3n) is 6.18. The van der Waals surface area contributed by atoms with E-state index in [4.69, 9.17) is 4.98 Å². The van der Waals surface area contributed by atoms with Crippen molar-refractivity contribution in [1.82, 2.24) is 9.88 Å². The first-order valence-electron chi connectivity index (χ1n) is 11.1. The molecule has 1 aromatic heterocycles. The third-order valence-corrected chi connectivity index (χ3v) is 7.25. The molecule has 5 rings (SSSR count). The number of fused-ring (bicyclic) bond motifs is 1. The number of carbonyl (C=O) groups excluding carboxylic acids is 2. The third kappa shape index (κ3) is 4.02. The minimum atomic E-state index is -0.319. The number of rotatable bonds is 7. The van der Waals surface area contributed by atoms with Crippen LogP contribution in [0.2, 0.25) is 0 Å². The van der Waals surface area contributed by atoms with Gasteiger partial charge in [-0.15, -0.1) is 11.3 Å². The van der Waals surface area contributed by atoms with Gasteiger partial charge in [0.15, 0.2) is 0 Å². The number of thiazole rings is 1. The zero-order valence-electron chi connectivity index (χ0n) is 18.0. The summed E-state index contributed by atoms with van der Waals surface area (Å²) in [6.45, 7) is 6.00. The highest BCUT2D eigenvalue weighted by Crippen LogP contribution is 2.35. The molecule has 5 nitrogen and oxygen atoms in total. The summed E-state index contributed by atoms with van der Waals surface area (Å²) in [4.78, 5) is 34.3. The first-order chi connectivity index (χ1) is 15.0. The normalized spacial score (nSPS) is 19.2. The van der Waals surface area contributed by atoms with Gasteiger partial charge in [-0.05, 0) is 80.6 Å². The summed E-state index contributed by atoms with van der Waals surface area (Å²) < 4.78 is 1.17. The van der Waals surface area contributed by atoms with E-state index in [9.17, 15) is 9.59 Å². The highest BCUT2D eigenvalue weighted by atomic mass is 32.1. The number of amides is 2. The Hall–Kier alpha value is -2.57. The van der Waals surface area contributed by atoms with Crippen LogP contribution < -0.4 is 4.90 Å². The number of aryl methyl sites for hydroxylation is 1. The molecule has 3 aromatic rings. The molecule has 0 radical (unpaired) electrons. The first kappa shape index (κ1) is 20.3. The maximum absolute atomic E-state index is 13.2. The SMILES string of the molecule is CCCN(CC1CC1)[C@@H]1CC(=O)N(c2ccc(-c3nc4ccc(C)cc4s3)cc2)C1=O. The lowest BCUT2D eigenvalue weighted by Crippen LogP contribution is -2.43. The van der Waals surface area contributed by atoms with E-state index in [2.05, 4.69) is 30.9 Å². The fraction of sp³-hybridized carbons (Fsp3) is 0.400. The van der Waals surface area contributed by atoms with Gasteiger partial charge < -0.3 is 0 Å². The van der Waals surface area contributed by atoms with Gasteiger partial charge in [-0.25, -0.2) is 9.88 Å². The maximum atomic E-state index is 13.2. The summed E-state index contributed by atoms with van der Waals surface area (Å²) in [5, 5.41) is 0.947. The highest BCUT2D eigenvalue weighted by Gasteiger charge is 2.43. The van der Waals surface area contributed by atoms with Crippen LogP contribution in [0.25, 0.3) is 20.8 Å². The molecule has 2 aromatic carbocycles. The van der Waals surface area contributed by atoms with E-state index in [0.717, 1.165) is 35.6 Å². The standard InChI is InChI=1S/C25H27N3O2S/c1-3-12-27(15-17-5-6-17)21-14-23(29)28(25(21)30)19-9-7-18(8-10-19)24-26-20-11-4-16(2)13-22(20)31-24/h4,7-11,13,17,21H,3,5-6,12,14-15H2,1-2H3/t21-/m1/s1. The monoisotopic (exact) mass is 433 g/mol. The summed E-state index contributed by atoms with van der Waals surface area (Å²) in [5.41, 5.74) is 3.87. The average molecular weight is 434 g/mol. The Labute approximate surface area is 186 Å². The fourth-order valence-electron chi connectivity index (χ4n) is 4.37. The molecule has 1 aliphatic carbocycles. The predicted molar refractivity (Wildman–Crippen MR) is 125 cm³/mol. The Morgan fingerprint density at radius 3 is 2.61 bits per heavy atom. The van der Waals surface area contributed by atoms with Crippen molar-refractivity contribution in [3.05, 3.63) is 48.0 Å². The van der Waals surface area contributed by atoms with Crippen LogP contribution in [0.5, 0.6) is 0 Å². The number of hydrogen-bond acceptors (Lipinski definition) is 5. The average Bonchev–Trinajstić information content (AvgIpc) is 3.39. The molecule has 2 heterocycles. The molecule has 0 bridgehead atoms. The van der Waals surface area contributed by atoms with Crippen LogP contribution in [0.15, 0.2) is 42.5 Å². The number of hydrogen-bond donors (Lipinski definition) is 0. The summed E-state index contributed by atoms with van der Waals surface area (Å²) in [5.74, 6) is 0.512. The molecule has 1 saturated carbocycles. The minimum Gasteiger partial charge on any atom is -0.291 e. The van der Waals surface area contributed by atoms with Crippen LogP contribution >= 0.6 is 11.3 Å². The molecule has 1 atom stereocenters. The molecule has 31 heavy (non-hydrogen) atoms. The molecule has 160 valence electrons. The van der Waals surface area contributed by atoms with Gasteiger partial charge in [0.1, 0.15) is 5.01 Å². The molecule has 0 N–H and O–H groups in total. The van der Waals surface area contributed by atoms with E-state index < -0.39 is 0 Å². The van der Waals surface area contributed by atoms with Gasteiger partial charge in [0.2, 0.25) is 5.91 Å². The van der Waals surface area contributed by atoms with Crippen LogP contribution in [0.3, 0.4) is 0 Å². The van der Waals surface area contributed by atoms with Crippen LogP contribution in [0.4, 0.5) is 5.69 Å². The second-order valence-electron chi connectivity index (χ2n) is 8.76. The van der Waals surface area contributed by atoms with E-state index in [0.29, 0.717) is 11.6 Å². The Morgan fingerprint density at radius 2 is 1.90 bits per heavy atom. The van der Waals surface area contributed by atoms with Crippen molar-refractivity contribution in [2.24, 2.45) is 5.92 Å². The number of carbonyl (C=O) groups is 2. The van der Waals surface area contributed by atoms with E-state index in [-0.39, 0.29) is 24.3 Å². The zero-order valence-corrected chi connectivity index (χ0v) is 18.8. The Morgan fingerprint density at radius 1 is 1.13 bits per heavy atom. The van der Waals surface area contributed by atoms with E-state index in [1.807, 2.05) is 30.3 Å². The van der Waals surface area contributed by atoms with Gasteiger partial charge in [0.25, 0.3) is 5.91 Å². The van der Waals surface area contributed by atoms with Gasteiger partial charge in [0, 0.05) is 12.1 Å². The van der Waals surface area contributed by atoms with Crippen molar-refractivity contribution in [3.63, 3.8) is 0 Å². The summed E-state index contributed by atoms with van der Waals surface area (Å²) in [6.07, 6.45) is 3.75. The molecule has 2 amide bonds. The van der Waals surface area contributed by atoms with Gasteiger partial charge in [-0.3, -0.25) is 14.5 Å². The van der Waals surface area contributed by atoms with Crippen molar-refractivity contribution < 1.29 is 9.59 Å². The van der Waals surface area contributed by atoms with Crippen LogP contribution in [-0.4, -0.2) is 40.8 Å². The molecule has 2 aliphatic rings. The van der Waals surface area contributed by atoms with Crippen LogP contribution in [-0.2, 0) is 9.59 Å². The van der Waals surface area contributed by atoms with E-state index >= 15 is 0 Å². The Kier molecular flexibility index (Phi) is 5.36. The van der Waals surface area contributed by atoms with Crippen molar-refractivity contribution in [1.29, 1.82) is 0 Å². The molecule has 6 heteroatoms. The smallest absolute Gasteiger partial charge is 0.251 e. The van der Waals surface area contributed by atoms with Crippen molar-refractivity contribution >= 4 is 39.1 Å². The summed E-state index contributed by atoms with van der Waals surface area (Å²) >= 11 is 1.66. The minimum absolute atomic E-state index is 0.0812. The van der Waals surface area contributed by atoms with Crippen LogP contribution in [0, 0.1) is 12.8 Å². The quantitative estimate of drug-likeness (QED) is 0.491. The predicted octanol–water partition coefficient (Wildman–Crippen LogP) is 5.03. The fourth-order valence-corrected chi connectivity index (χ4v) is 5.44. The lowest BCUT2D eigenvalue weighted by atomic mass is 10.1. The lowest BCUT2D eigenvalue weighted by molar-refractivity contribution is -0.123. The molecule has 0 spiro atoms. The van der Waals surface area contributed by atoms with Gasteiger partial charge in [-0.2, -0.15) is 0 Å². The molecule has 1 aliphatic heterocycles. The topological polar surface area (TPSA) is 53.5 Å². The van der Waals surface area contributed by atoms with Gasteiger partial charge >= 0.3 is 0 Å². The number of benzene rings is 2. The van der Waals surface area contributed by atoms with Crippen molar-refractivity contribution in [3.8, 4) is 10.6 Å². The van der Waals surface area contributed by atoms with E-state index in [1.165, 1.54) is 28.0 Å². The summed E-state index contributed by atoms with van der Waals surface area (Å²) in [6, 6.07) is 13.6. The highest BCUT2D eigenvalue weighted by molar-refractivity contribution is 7.21. The van der Waals surface area contributed by atoms with Crippen molar-refractivity contribution in [2.45, 2.75) is 45.6 Å². The summed E-state index contributed by atoms with van der Waals surface area (Å²) in [7, 11) is 0. The number of aromatic nitrogens is 1. The largest absolute Gasteiger partial charge is 0.291 e. The molecule has 1 saturated heterocycles. The van der Waals surface area contributed by atoms with Crippen molar-refractivity contribution in [2.75, 3.05) is 18.0 Å². The van der Waals surface area contributed by atoms with Gasteiger partial charge in [-0.1, -0.05) is 13.0 Å². The van der Waals surface area contributed by atoms with E-state index in [1.54, 1.807) is 11.3 Å². The second-order valence-corrected chi connectivity index (χ2v) is 9.79. The first-order valence-corrected chi connectivity index (χ1v) is 11.9. The van der Waals surface area contributed by atoms with Gasteiger partial charge in [0.05, 0.1) is 28.4 Å². The maximum Gasteiger partial charge on any atom is 0.251 e. The zero-order chi connectivity index (χ0) is 21.5. The van der Waals surface area contributed by atoms with Crippen LogP contribution in [0.1, 0.15) is 38.2 Å². The molecule has 0 unspecified atom stereocenters. The lowest BCUT2D eigenvalue weighted by Gasteiger charge is -2.26. The number of imide groups is 1.